The first kappa shape index (κ1) is 27.2. The zero-order valence-electron chi connectivity index (χ0n) is 25.6. The van der Waals surface area contributed by atoms with Crippen LogP contribution in [0.25, 0.3) is 34.2 Å². The molecule has 0 radical (unpaired) electrons. The maximum Gasteiger partial charge on any atom is 0.494 e. The van der Waals surface area contributed by atoms with Crippen LogP contribution in [-0.4, -0.2) is 38.3 Å². The van der Waals surface area contributed by atoms with Crippen molar-refractivity contribution in [3.05, 3.63) is 78.6 Å². The van der Waals surface area contributed by atoms with Gasteiger partial charge in [0.25, 0.3) is 0 Å². The van der Waals surface area contributed by atoms with Gasteiger partial charge in [0.15, 0.2) is 17.5 Å². The normalized spacial score (nSPS) is 28.4. The van der Waals surface area contributed by atoms with E-state index in [1.165, 1.54) is 44.1 Å². The van der Waals surface area contributed by atoms with E-state index < -0.39 is 18.3 Å². The molecule has 0 unspecified atom stereocenters. The van der Waals surface area contributed by atoms with Crippen LogP contribution in [0, 0.1) is 17.8 Å². The van der Waals surface area contributed by atoms with Crippen molar-refractivity contribution < 1.29 is 9.31 Å². The van der Waals surface area contributed by atoms with Gasteiger partial charge in [-0.2, -0.15) is 0 Å². The molecule has 0 atom stereocenters. The molecule has 43 heavy (non-hydrogen) atoms. The van der Waals surface area contributed by atoms with Gasteiger partial charge in [0, 0.05) is 29.1 Å². The maximum absolute atomic E-state index is 6.34. The lowest BCUT2D eigenvalue weighted by Crippen LogP contribution is -2.48. The van der Waals surface area contributed by atoms with Gasteiger partial charge in [0.1, 0.15) is 0 Å². The lowest BCUT2D eigenvalue weighted by atomic mass is 9.48. The van der Waals surface area contributed by atoms with Crippen molar-refractivity contribution in [1.29, 1.82) is 0 Å². The largest absolute Gasteiger partial charge is 0.494 e. The quantitative estimate of drug-likeness (QED) is 0.240. The topological polar surface area (TPSA) is 70.0 Å². The lowest BCUT2D eigenvalue weighted by molar-refractivity contribution is -0.00518. The minimum Gasteiger partial charge on any atom is -0.399 e. The van der Waals surface area contributed by atoms with Gasteiger partial charge in [-0.15, -0.1) is 0 Å². The van der Waals surface area contributed by atoms with E-state index >= 15 is 0 Å². The van der Waals surface area contributed by atoms with E-state index in [1.54, 1.807) is 12.4 Å². The zero-order chi connectivity index (χ0) is 29.4. The van der Waals surface area contributed by atoms with Crippen molar-refractivity contribution in [3.63, 3.8) is 0 Å². The summed E-state index contributed by atoms with van der Waals surface area (Å²) in [5.74, 6) is 4.67. The average Bonchev–Trinajstić information content (AvgIpc) is 3.23. The summed E-state index contributed by atoms with van der Waals surface area (Å²) in [4.78, 5) is 19.2. The fourth-order valence-electron chi connectivity index (χ4n) is 8.50. The Hall–Kier alpha value is -3.42. The number of hydrogen-bond donors (Lipinski definition) is 0. The van der Waals surface area contributed by atoms with Gasteiger partial charge in [0.2, 0.25) is 0 Å². The summed E-state index contributed by atoms with van der Waals surface area (Å²) in [6.07, 6.45) is 12.0. The van der Waals surface area contributed by atoms with Crippen LogP contribution in [0.3, 0.4) is 0 Å². The van der Waals surface area contributed by atoms with Crippen LogP contribution in [-0.2, 0) is 14.7 Å². The number of aromatic nitrogens is 4. The SMILES string of the molecule is CC1(C)OB(c2cccc(-c3nc(-c4ccc(C56C[C@H]7C[C@@H](C5)C[C@@H](C6)C7)cc4)nc(-c4cccnc4)n3)c2)OC1(C)C. The fourth-order valence-corrected chi connectivity index (χ4v) is 8.50. The van der Waals surface area contributed by atoms with E-state index in [0.29, 0.717) is 22.9 Å². The lowest BCUT2D eigenvalue weighted by Gasteiger charge is -2.57. The number of pyridine rings is 1. The van der Waals surface area contributed by atoms with Crippen LogP contribution in [0.2, 0.25) is 0 Å². The molecule has 2 aromatic carbocycles. The highest BCUT2D eigenvalue weighted by Gasteiger charge is 2.52. The molecule has 0 N–H and O–H groups in total. The molecule has 4 aliphatic carbocycles. The molecule has 6 nitrogen and oxygen atoms in total. The van der Waals surface area contributed by atoms with Gasteiger partial charge in [-0.1, -0.05) is 48.5 Å². The zero-order valence-corrected chi connectivity index (χ0v) is 25.6. The van der Waals surface area contributed by atoms with Crippen LogP contribution in [0.1, 0.15) is 71.8 Å². The van der Waals surface area contributed by atoms with Crippen LogP contribution in [0.15, 0.2) is 73.1 Å². The molecule has 1 aliphatic heterocycles. The van der Waals surface area contributed by atoms with E-state index in [2.05, 4.69) is 63.0 Å². The number of rotatable bonds is 5. The Morgan fingerprint density at radius 2 is 1.21 bits per heavy atom. The smallest absolute Gasteiger partial charge is 0.399 e. The Balaban J connectivity index is 1.16. The van der Waals surface area contributed by atoms with Gasteiger partial charge >= 0.3 is 7.12 Å². The summed E-state index contributed by atoms with van der Waals surface area (Å²) < 4.78 is 12.7. The number of benzene rings is 2. The highest BCUT2D eigenvalue weighted by molar-refractivity contribution is 6.62. The first-order valence-corrected chi connectivity index (χ1v) is 15.9. The van der Waals surface area contributed by atoms with Crippen molar-refractivity contribution in [1.82, 2.24) is 19.9 Å². The minimum absolute atomic E-state index is 0.367. The van der Waals surface area contributed by atoms with Crippen molar-refractivity contribution in [2.75, 3.05) is 0 Å². The number of nitrogens with zero attached hydrogens (tertiary/aromatic N) is 4. The standard InChI is InChI=1S/C36H39BN4O2/c1-34(2)35(3,4)43-37(42-34)30-9-5-7-27(18-30)32-39-31(40-33(41-32)28-8-6-14-38-22-28)26-10-12-29(13-11-26)36-19-23-15-24(20-36)17-25(16-23)21-36/h5-14,18,22-25H,15-17,19-21H2,1-4H3/t23-,24+,25-,36?. The van der Waals surface area contributed by atoms with Gasteiger partial charge in [0.05, 0.1) is 11.2 Å². The first-order valence-electron chi connectivity index (χ1n) is 15.9. The third kappa shape index (κ3) is 4.72. The first-order chi connectivity index (χ1) is 20.7. The second-order valence-electron chi connectivity index (χ2n) is 14.5. The maximum atomic E-state index is 6.34. The predicted octanol–water partition coefficient (Wildman–Crippen LogP) is 7.03. The molecule has 5 aliphatic rings. The molecule has 7 heteroatoms. The second-order valence-corrected chi connectivity index (χ2v) is 14.5. The summed E-state index contributed by atoms with van der Waals surface area (Å²) in [5.41, 5.74) is 4.75. The molecular formula is C36H39BN4O2. The summed E-state index contributed by atoms with van der Waals surface area (Å²) >= 11 is 0. The fraction of sp³-hybridized carbons (Fsp3) is 0.444. The summed E-state index contributed by atoms with van der Waals surface area (Å²) in [6.45, 7) is 8.29. The van der Waals surface area contributed by atoms with Gasteiger partial charge < -0.3 is 9.31 Å². The summed E-state index contributed by atoms with van der Waals surface area (Å²) in [5, 5.41) is 0. The van der Waals surface area contributed by atoms with Crippen LogP contribution < -0.4 is 5.46 Å². The van der Waals surface area contributed by atoms with Crippen molar-refractivity contribution in [3.8, 4) is 34.2 Å². The Morgan fingerprint density at radius 3 is 1.79 bits per heavy atom. The molecule has 0 spiro atoms. The van der Waals surface area contributed by atoms with Gasteiger partial charge in [-0.25, -0.2) is 15.0 Å². The highest BCUT2D eigenvalue weighted by atomic mass is 16.7. The van der Waals surface area contributed by atoms with Crippen molar-refractivity contribution >= 4 is 12.6 Å². The van der Waals surface area contributed by atoms with E-state index in [4.69, 9.17) is 24.3 Å². The van der Waals surface area contributed by atoms with Crippen LogP contribution in [0.5, 0.6) is 0 Å². The summed E-state index contributed by atoms with van der Waals surface area (Å²) in [7, 11) is -0.457. The Bertz CT molecular complexity index is 1620. The van der Waals surface area contributed by atoms with Crippen molar-refractivity contribution in [2.45, 2.75) is 82.8 Å². The van der Waals surface area contributed by atoms with Crippen LogP contribution in [0.4, 0.5) is 0 Å². The Kier molecular flexibility index (Phi) is 6.19. The minimum atomic E-state index is -0.457. The van der Waals surface area contributed by atoms with E-state index in [9.17, 15) is 0 Å². The molecule has 4 bridgehead atoms. The highest BCUT2D eigenvalue weighted by Crippen LogP contribution is 2.60. The molecule has 4 aromatic rings. The molecule has 3 heterocycles. The molecule has 2 aromatic heterocycles. The monoisotopic (exact) mass is 570 g/mol. The molecule has 5 fully saturated rings. The molecule has 1 saturated heterocycles. The van der Waals surface area contributed by atoms with E-state index in [-0.39, 0.29) is 0 Å². The van der Waals surface area contributed by atoms with Gasteiger partial charge in [-0.05, 0) is 113 Å². The number of hydrogen-bond acceptors (Lipinski definition) is 6. The second kappa shape index (κ2) is 9.80. The third-order valence-electron chi connectivity index (χ3n) is 11.0. The molecule has 4 saturated carbocycles. The molecule has 0 amide bonds. The Morgan fingerprint density at radius 1 is 0.651 bits per heavy atom. The van der Waals surface area contributed by atoms with Crippen LogP contribution >= 0.6 is 0 Å². The predicted molar refractivity (Wildman–Crippen MR) is 169 cm³/mol. The third-order valence-corrected chi connectivity index (χ3v) is 11.0. The van der Waals surface area contributed by atoms with E-state index in [0.717, 1.165) is 39.9 Å². The van der Waals surface area contributed by atoms with Gasteiger partial charge in [-0.3, -0.25) is 4.98 Å². The molecular weight excluding hydrogens is 531 g/mol. The van der Waals surface area contributed by atoms with Crippen molar-refractivity contribution in [2.24, 2.45) is 17.8 Å². The average molecular weight is 571 g/mol. The Labute approximate surface area is 254 Å². The van der Waals surface area contributed by atoms with E-state index in [1.807, 2.05) is 30.3 Å². The molecule has 9 rings (SSSR count). The molecule has 218 valence electrons. The summed E-state index contributed by atoms with van der Waals surface area (Å²) in [6, 6.07) is 21.2.